The number of anilines is 1. The van der Waals surface area contributed by atoms with Gasteiger partial charge in [-0.25, -0.2) is 4.79 Å². The third-order valence-corrected chi connectivity index (χ3v) is 5.26. The SMILES string of the molecule is O=C(NCc1c[nH]c2ccccc12)Nc1cc(Cl)c(Br)c(Cl)c1. The van der Waals surface area contributed by atoms with Crippen molar-refractivity contribution in [2.75, 3.05) is 5.32 Å². The van der Waals surface area contributed by atoms with Crippen LogP contribution in [-0.2, 0) is 6.54 Å². The lowest BCUT2D eigenvalue weighted by Gasteiger charge is -2.09. The fraction of sp³-hybridized carbons (Fsp3) is 0.0625. The molecular weight excluding hydrogens is 401 g/mol. The molecule has 1 aromatic heterocycles. The maximum Gasteiger partial charge on any atom is 0.319 e. The molecule has 0 fully saturated rings. The number of amides is 2. The number of benzene rings is 2. The molecule has 0 unspecified atom stereocenters. The molecule has 7 heteroatoms. The van der Waals surface area contributed by atoms with Crippen molar-refractivity contribution in [1.82, 2.24) is 10.3 Å². The molecule has 0 bridgehead atoms. The van der Waals surface area contributed by atoms with Gasteiger partial charge in [-0.15, -0.1) is 0 Å². The molecule has 0 saturated carbocycles. The zero-order valence-electron chi connectivity index (χ0n) is 11.8. The second-order valence-corrected chi connectivity index (χ2v) is 6.53. The van der Waals surface area contributed by atoms with Gasteiger partial charge in [0, 0.05) is 29.3 Å². The maximum atomic E-state index is 12.0. The maximum absolute atomic E-state index is 12.0. The number of aromatic nitrogens is 1. The Morgan fingerprint density at radius 1 is 1.17 bits per heavy atom. The summed E-state index contributed by atoms with van der Waals surface area (Å²) in [4.78, 5) is 15.2. The van der Waals surface area contributed by atoms with Crippen molar-refractivity contribution in [1.29, 1.82) is 0 Å². The van der Waals surface area contributed by atoms with Crippen LogP contribution in [-0.4, -0.2) is 11.0 Å². The number of hydrogen-bond donors (Lipinski definition) is 3. The number of urea groups is 1. The first-order valence-electron chi connectivity index (χ1n) is 6.79. The molecule has 1 heterocycles. The highest BCUT2D eigenvalue weighted by Gasteiger charge is 2.09. The molecule has 2 aromatic carbocycles. The number of hydrogen-bond acceptors (Lipinski definition) is 1. The molecule has 0 aliphatic carbocycles. The van der Waals surface area contributed by atoms with Gasteiger partial charge in [-0.05, 0) is 39.7 Å². The van der Waals surface area contributed by atoms with Gasteiger partial charge >= 0.3 is 6.03 Å². The molecule has 0 aliphatic heterocycles. The molecule has 0 saturated heterocycles. The summed E-state index contributed by atoms with van der Waals surface area (Å²) in [6.07, 6.45) is 1.89. The number of nitrogens with one attached hydrogen (secondary N) is 3. The van der Waals surface area contributed by atoms with Crippen LogP contribution in [0, 0.1) is 0 Å². The van der Waals surface area contributed by atoms with Crippen LogP contribution in [0.25, 0.3) is 10.9 Å². The number of rotatable bonds is 3. The second-order valence-electron chi connectivity index (χ2n) is 4.92. The number of fused-ring (bicyclic) bond motifs is 1. The standard InChI is InChI=1S/C16H12BrCl2N3O/c17-15-12(18)5-10(6-13(15)19)22-16(23)21-8-9-7-20-14-4-2-1-3-11(9)14/h1-7,20H,8H2,(H2,21,22,23). The smallest absolute Gasteiger partial charge is 0.319 e. The highest BCUT2D eigenvalue weighted by molar-refractivity contribution is 9.10. The highest BCUT2D eigenvalue weighted by Crippen LogP contribution is 2.33. The number of H-pyrrole nitrogens is 1. The lowest BCUT2D eigenvalue weighted by atomic mass is 10.2. The van der Waals surface area contributed by atoms with Gasteiger partial charge in [0.15, 0.2) is 0 Å². The van der Waals surface area contributed by atoms with Gasteiger partial charge in [0.25, 0.3) is 0 Å². The van der Waals surface area contributed by atoms with E-state index in [1.54, 1.807) is 12.1 Å². The average molecular weight is 413 g/mol. The summed E-state index contributed by atoms with van der Waals surface area (Å²) in [5.41, 5.74) is 2.58. The number of aromatic amines is 1. The summed E-state index contributed by atoms with van der Waals surface area (Å²) >= 11 is 15.3. The number of para-hydroxylation sites is 1. The molecule has 3 N–H and O–H groups in total. The molecule has 3 rings (SSSR count). The fourth-order valence-corrected chi connectivity index (χ4v) is 2.97. The van der Waals surface area contributed by atoms with Crippen molar-refractivity contribution in [3.05, 3.63) is 62.7 Å². The summed E-state index contributed by atoms with van der Waals surface area (Å²) in [6.45, 7) is 0.411. The lowest BCUT2D eigenvalue weighted by Crippen LogP contribution is -2.28. The van der Waals surface area contributed by atoms with Gasteiger partial charge in [0.05, 0.1) is 14.5 Å². The van der Waals surface area contributed by atoms with E-state index in [2.05, 4.69) is 31.5 Å². The predicted molar refractivity (Wildman–Crippen MR) is 98.3 cm³/mol. The van der Waals surface area contributed by atoms with Crippen molar-refractivity contribution in [3.8, 4) is 0 Å². The van der Waals surface area contributed by atoms with E-state index in [1.807, 2.05) is 30.5 Å². The minimum Gasteiger partial charge on any atom is -0.361 e. The molecule has 0 atom stereocenters. The van der Waals surface area contributed by atoms with E-state index in [-0.39, 0.29) is 6.03 Å². The predicted octanol–water partition coefficient (Wildman–Crippen LogP) is 5.56. The first kappa shape index (κ1) is 16.2. The Bertz CT molecular complexity index is 856. The molecule has 4 nitrogen and oxygen atoms in total. The van der Waals surface area contributed by atoms with E-state index in [4.69, 9.17) is 23.2 Å². The van der Waals surface area contributed by atoms with E-state index in [0.717, 1.165) is 16.5 Å². The minimum absolute atomic E-state index is 0.329. The first-order chi connectivity index (χ1) is 11.0. The van der Waals surface area contributed by atoms with Crippen molar-refractivity contribution in [2.45, 2.75) is 6.54 Å². The van der Waals surface area contributed by atoms with Gasteiger partial charge < -0.3 is 15.6 Å². The summed E-state index contributed by atoms with van der Waals surface area (Å²) in [5.74, 6) is 0. The van der Waals surface area contributed by atoms with Crippen LogP contribution in [0.5, 0.6) is 0 Å². The molecule has 23 heavy (non-hydrogen) atoms. The van der Waals surface area contributed by atoms with E-state index >= 15 is 0 Å². The molecule has 3 aromatic rings. The van der Waals surface area contributed by atoms with Crippen molar-refractivity contribution < 1.29 is 4.79 Å². The van der Waals surface area contributed by atoms with Crippen LogP contribution in [0.4, 0.5) is 10.5 Å². The minimum atomic E-state index is -0.329. The Morgan fingerprint density at radius 3 is 2.61 bits per heavy atom. The molecule has 2 amide bonds. The normalized spacial score (nSPS) is 10.7. The second kappa shape index (κ2) is 6.83. The Hall–Kier alpha value is -1.69. The summed E-state index contributed by atoms with van der Waals surface area (Å²) in [7, 11) is 0. The summed E-state index contributed by atoms with van der Waals surface area (Å²) in [6, 6.07) is 10.9. The Morgan fingerprint density at radius 2 is 1.87 bits per heavy atom. The van der Waals surface area contributed by atoms with Crippen LogP contribution in [0.3, 0.4) is 0 Å². The molecule has 0 spiro atoms. The summed E-state index contributed by atoms with van der Waals surface area (Å²) in [5, 5.41) is 7.48. The van der Waals surface area contributed by atoms with Crippen LogP contribution in [0.2, 0.25) is 10.0 Å². The van der Waals surface area contributed by atoms with Gasteiger partial charge in [0.1, 0.15) is 0 Å². The van der Waals surface area contributed by atoms with Crippen molar-refractivity contribution >= 4 is 61.8 Å². The van der Waals surface area contributed by atoms with Crippen LogP contribution < -0.4 is 10.6 Å². The Kier molecular flexibility index (Phi) is 4.80. The monoisotopic (exact) mass is 411 g/mol. The average Bonchev–Trinajstić information content (AvgIpc) is 2.94. The zero-order valence-corrected chi connectivity index (χ0v) is 14.9. The number of carbonyl (C=O) groups excluding carboxylic acids is 1. The van der Waals surface area contributed by atoms with E-state index < -0.39 is 0 Å². The molecular formula is C16H12BrCl2N3O. The lowest BCUT2D eigenvalue weighted by molar-refractivity contribution is 0.252. The van der Waals surface area contributed by atoms with Gasteiger partial charge in [-0.3, -0.25) is 0 Å². The fourth-order valence-electron chi connectivity index (χ4n) is 2.26. The van der Waals surface area contributed by atoms with Crippen molar-refractivity contribution in [3.63, 3.8) is 0 Å². The largest absolute Gasteiger partial charge is 0.361 e. The topological polar surface area (TPSA) is 56.9 Å². The summed E-state index contributed by atoms with van der Waals surface area (Å²) < 4.78 is 0.602. The number of halogens is 3. The van der Waals surface area contributed by atoms with E-state index in [9.17, 15) is 4.79 Å². The van der Waals surface area contributed by atoms with Gasteiger partial charge in [-0.1, -0.05) is 41.4 Å². The molecule has 0 radical (unpaired) electrons. The highest BCUT2D eigenvalue weighted by atomic mass is 79.9. The third-order valence-electron chi connectivity index (χ3n) is 3.36. The van der Waals surface area contributed by atoms with Gasteiger partial charge in [-0.2, -0.15) is 0 Å². The van der Waals surface area contributed by atoms with Crippen LogP contribution >= 0.6 is 39.1 Å². The molecule has 0 aliphatic rings. The zero-order chi connectivity index (χ0) is 16.4. The third kappa shape index (κ3) is 3.63. The first-order valence-corrected chi connectivity index (χ1v) is 8.34. The number of carbonyl (C=O) groups is 1. The van der Waals surface area contributed by atoms with Crippen molar-refractivity contribution in [2.24, 2.45) is 0 Å². The Balaban J connectivity index is 1.66. The molecule has 118 valence electrons. The van der Waals surface area contributed by atoms with Crippen LogP contribution in [0.15, 0.2) is 47.1 Å². The van der Waals surface area contributed by atoms with Gasteiger partial charge in [0.2, 0.25) is 0 Å². The Labute approximate surface area is 151 Å². The quantitative estimate of drug-likeness (QED) is 0.484. The van der Waals surface area contributed by atoms with E-state index in [0.29, 0.717) is 26.8 Å². The van der Waals surface area contributed by atoms with Crippen LogP contribution in [0.1, 0.15) is 5.56 Å². The van der Waals surface area contributed by atoms with E-state index in [1.165, 1.54) is 0 Å².